The summed E-state index contributed by atoms with van der Waals surface area (Å²) < 4.78 is 13.3. The maximum atomic E-state index is 13.3. The first-order chi connectivity index (χ1) is 8.74. The topological polar surface area (TPSA) is 15.3 Å². The molecule has 1 N–H and O–H groups in total. The Bertz CT molecular complexity index is 425. The third kappa shape index (κ3) is 2.24. The highest BCUT2D eigenvalue weighted by atomic mass is 19.1. The highest BCUT2D eigenvalue weighted by molar-refractivity contribution is 5.55. The van der Waals surface area contributed by atoms with Gasteiger partial charge in [0.25, 0.3) is 0 Å². The van der Waals surface area contributed by atoms with Gasteiger partial charge in [0.1, 0.15) is 5.82 Å². The van der Waals surface area contributed by atoms with Gasteiger partial charge in [0.2, 0.25) is 0 Å². The minimum absolute atomic E-state index is 0.134. The summed E-state index contributed by atoms with van der Waals surface area (Å²) >= 11 is 0. The first-order valence-corrected chi connectivity index (χ1v) is 6.96. The van der Waals surface area contributed by atoms with Gasteiger partial charge in [0.05, 0.1) is 0 Å². The Morgan fingerprint density at radius 1 is 1.22 bits per heavy atom. The zero-order chi connectivity index (χ0) is 12.5. The van der Waals surface area contributed by atoms with Crippen LogP contribution in [0, 0.1) is 11.7 Å². The van der Waals surface area contributed by atoms with Crippen LogP contribution in [0.4, 0.5) is 10.1 Å². The maximum Gasteiger partial charge on any atom is 0.125 e. The van der Waals surface area contributed by atoms with Crippen molar-refractivity contribution in [3.63, 3.8) is 0 Å². The van der Waals surface area contributed by atoms with Crippen LogP contribution in [0.25, 0.3) is 0 Å². The average molecular weight is 248 g/mol. The molecule has 0 bridgehead atoms. The average Bonchev–Trinajstić information content (AvgIpc) is 2.38. The summed E-state index contributed by atoms with van der Waals surface area (Å²) in [5.41, 5.74) is 2.35. The molecule has 1 atom stereocenters. The van der Waals surface area contributed by atoms with Crippen molar-refractivity contribution in [3.05, 3.63) is 29.6 Å². The molecule has 0 spiro atoms. The summed E-state index contributed by atoms with van der Waals surface area (Å²) in [4.78, 5) is 2.41. The molecule has 1 aromatic rings. The number of piperidine rings is 1. The first-order valence-electron chi connectivity index (χ1n) is 6.96. The largest absolute Gasteiger partial charge is 0.385 e. The number of halogens is 1. The van der Waals surface area contributed by atoms with Gasteiger partial charge in [-0.2, -0.15) is 0 Å². The van der Waals surface area contributed by atoms with Gasteiger partial charge < -0.3 is 10.2 Å². The van der Waals surface area contributed by atoms with Crippen LogP contribution in [0.5, 0.6) is 0 Å². The molecule has 0 aromatic heterocycles. The summed E-state index contributed by atoms with van der Waals surface area (Å²) in [6.07, 6.45) is 3.74. The Labute approximate surface area is 108 Å². The molecule has 1 saturated heterocycles. The second kappa shape index (κ2) is 4.88. The van der Waals surface area contributed by atoms with Crippen molar-refractivity contribution < 1.29 is 4.39 Å². The third-order valence-corrected chi connectivity index (χ3v) is 4.52. The molecular weight excluding hydrogens is 227 g/mol. The molecule has 2 nitrogen and oxygen atoms in total. The van der Waals surface area contributed by atoms with Crippen molar-refractivity contribution in [3.8, 4) is 0 Å². The van der Waals surface area contributed by atoms with Gasteiger partial charge in [-0.25, -0.2) is 4.39 Å². The second-order valence-electron chi connectivity index (χ2n) is 5.69. The summed E-state index contributed by atoms with van der Waals surface area (Å²) in [6.45, 7) is 3.38. The van der Waals surface area contributed by atoms with Gasteiger partial charge in [0, 0.05) is 12.2 Å². The van der Waals surface area contributed by atoms with E-state index in [0.29, 0.717) is 5.92 Å². The number of likely N-dealkylation sites (tertiary alicyclic amines) is 1. The SMILES string of the molecule is CN1CCC(C2CCNc3cc(F)ccc32)CC1. The molecule has 1 fully saturated rings. The van der Waals surface area contributed by atoms with Crippen molar-refractivity contribution in [2.45, 2.75) is 25.2 Å². The lowest BCUT2D eigenvalue weighted by atomic mass is 9.76. The fourth-order valence-electron chi connectivity index (χ4n) is 3.44. The molecule has 1 unspecified atom stereocenters. The normalized spacial score (nSPS) is 25.6. The highest BCUT2D eigenvalue weighted by Crippen LogP contribution is 2.40. The molecule has 2 aliphatic heterocycles. The number of fused-ring (bicyclic) bond motifs is 1. The van der Waals surface area contributed by atoms with E-state index in [-0.39, 0.29) is 5.82 Å². The molecule has 2 heterocycles. The van der Waals surface area contributed by atoms with Gasteiger partial charge in [-0.3, -0.25) is 0 Å². The minimum atomic E-state index is -0.134. The first kappa shape index (κ1) is 12.0. The van der Waals surface area contributed by atoms with E-state index in [0.717, 1.165) is 18.2 Å². The fourth-order valence-corrected chi connectivity index (χ4v) is 3.44. The van der Waals surface area contributed by atoms with Crippen LogP contribution < -0.4 is 5.32 Å². The third-order valence-electron chi connectivity index (χ3n) is 4.52. The fraction of sp³-hybridized carbons (Fsp3) is 0.600. The summed E-state index contributed by atoms with van der Waals surface area (Å²) in [6, 6.07) is 5.24. The van der Waals surface area contributed by atoms with E-state index in [1.165, 1.54) is 37.9 Å². The molecule has 0 saturated carbocycles. The Hall–Kier alpha value is -1.09. The van der Waals surface area contributed by atoms with Crippen LogP contribution in [-0.2, 0) is 0 Å². The maximum absolute atomic E-state index is 13.3. The Balaban J connectivity index is 1.82. The lowest BCUT2D eigenvalue weighted by molar-refractivity contribution is 0.194. The van der Waals surface area contributed by atoms with E-state index in [9.17, 15) is 4.39 Å². The predicted molar refractivity (Wildman–Crippen MR) is 72.5 cm³/mol. The molecule has 1 aromatic carbocycles. The van der Waals surface area contributed by atoms with Gasteiger partial charge in [-0.05, 0) is 68.9 Å². The van der Waals surface area contributed by atoms with Crippen LogP contribution >= 0.6 is 0 Å². The van der Waals surface area contributed by atoms with Crippen LogP contribution in [-0.4, -0.2) is 31.6 Å². The zero-order valence-electron chi connectivity index (χ0n) is 11.0. The van der Waals surface area contributed by atoms with Gasteiger partial charge in [-0.1, -0.05) is 6.07 Å². The monoisotopic (exact) mass is 248 g/mol. The van der Waals surface area contributed by atoms with Crippen molar-refractivity contribution in [2.24, 2.45) is 5.92 Å². The van der Waals surface area contributed by atoms with Crippen molar-refractivity contribution in [2.75, 3.05) is 32.0 Å². The summed E-state index contributed by atoms with van der Waals surface area (Å²) in [5, 5.41) is 3.33. The van der Waals surface area contributed by atoms with Crippen molar-refractivity contribution >= 4 is 5.69 Å². The molecule has 98 valence electrons. The van der Waals surface area contributed by atoms with Gasteiger partial charge in [0.15, 0.2) is 0 Å². The molecule has 18 heavy (non-hydrogen) atoms. The number of benzene rings is 1. The van der Waals surface area contributed by atoms with Gasteiger partial charge >= 0.3 is 0 Å². The van der Waals surface area contributed by atoms with Crippen LogP contribution in [0.3, 0.4) is 0 Å². The molecule has 0 radical (unpaired) electrons. The molecule has 3 rings (SSSR count). The van der Waals surface area contributed by atoms with E-state index in [1.807, 2.05) is 6.07 Å². The molecule has 2 aliphatic rings. The smallest absolute Gasteiger partial charge is 0.125 e. The van der Waals surface area contributed by atoms with E-state index in [1.54, 1.807) is 12.1 Å². The Kier molecular flexibility index (Phi) is 3.25. The standard InChI is InChI=1S/C15H21FN2/c1-18-8-5-11(6-9-18)13-4-7-17-15-10-12(16)2-3-14(13)15/h2-3,10-11,13,17H,4-9H2,1H3. The predicted octanol–water partition coefficient (Wildman–Crippen LogP) is 3.07. The molecule has 3 heteroatoms. The zero-order valence-corrected chi connectivity index (χ0v) is 11.0. The molecule has 0 amide bonds. The van der Waals surface area contributed by atoms with Crippen LogP contribution in [0.1, 0.15) is 30.7 Å². The lowest BCUT2D eigenvalue weighted by Crippen LogP contribution is -2.34. The van der Waals surface area contributed by atoms with E-state index >= 15 is 0 Å². The van der Waals surface area contributed by atoms with Crippen molar-refractivity contribution in [1.82, 2.24) is 4.90 Å². The van der Waals surface area contributed by atoms with E-state index in [4.69, 9.17) is 0 Å². The Morgan fingerprint density at radius 2 is 2.00 bits per heavy atom. The Morgan fingerprint density at radius 3 is 2.78 bits per heavy atom. The quantitative estimate of drug-likeness (QED) is 0.821. The van der Waals surface area contributed by atoms with E-state index < -0.39 is 0 Å². The summed E-state index contributed by atoms with van der Waals surface area (Å²) in [7, 11) is 2.20. The van der Waals surface area contributed by atoms with E-state index in [2.05, 4.69) is 17.3 Å². The summed E-state index contributed by atoms with van der Waals surface area (Å²) in [5.74, 6) is 1.26. The molecule has 0 aliphatic carbocycles. The van der Waals surface area contributed by atoms with Crippen LogP contribution in [0.2, 0.25) is 0 Å². The molecular formula is C15H21FN2. The minimum Gasteiger partial charge on any atom is -0.385 e. The number of nitrogens with one attached hydrogen (secondary N) is 1. The number of nitrogens with zero attached hydrogens (tertiary/aromatic N) is 1. The number of anilines is 1. The lowest BCUT2D eigenvalue weighted by Gasteiger charge is -2.37. The number of hydrogen-bond donors (Lipinski definition) is 1. The van der Waals surface area contributed by atoms with Gasteiger partial charge in [-0.15, -0.1) is 0 Å². The van der Waals surface area contributed by atoms with Crippen LogP contribution in [0.15, 0.2) is 18.2 Å². The number of hydrogen-bond acceptors (Lipinski definition) is 2. The van der Waals surface area contributed by atoms with Crippen molar-refractivity contribution in [1.29, 1.82) is 0 Å². The number of rotatable bonds is 1. The second-order valence-corrected chi connectivity index (χ2v) is 5.69. The highest BCUT2D eigenvalue weighted by Gasteiger charge is 2.30.